The van der Waals surface area contributed by atoms with Gasteiger partial charge < -0.3 is 14.8 Å². The minimum Gasteiger partial charge on any atom is -0.478 e. The first kappa shape index (κ1) is 13.0. The van der Waals surface area contributed by atoms with Gasteiger partial charge in [0.2, 0.25) is 0 Å². The first-order valence-electron chi connectivity index (χ1n) is 5.24. The predicted molar refractivity (Wildman–Crippen MR) is 62.9 cm³/mol. The summed E-state index contributed by atoms with van der Waals surface area (Å²) in [4.78, 5) is 24.9. The molecule has 0 amide bonds. The van der Waals surface area contributed by atoms with E-state index in [0.29, 0.717) is 23.4 Å². The van der Waals surface area contributed by atoms with E-state index < -0.39 is 11.9 Å². The van der Waals surface area contributed by atoms with E-state index in [9.17, 15) is 9.59 Å². The number of carboxylic acid groups (broad SMARTS) is 1. The van der Waals surface area contributed by atoms with E-state index in [2.05, 4.69) is 4.98 Å². The lowest BCUT2D eigenvalue weighted by Crippen LogP contribution is -2.06. The molecule has 0 saturated carbocycles. The van der Waals surface area contributed by atoms with Crippen molar-refractivity contribution in [2.45, 2.75) is 20.8 Å². The lowest BCUT2D eigenvalue weighted by atomic mass is 10.1. The molecule has 0 saturated heterocycles. The monoisotopic (exact) mass is 237 g/mol. The van der Waals surface area contributed by atoms with Gasteiger partial charge in [0.15, 0.2) is 0 Å². The largest absolute Gasteiger partial charge is 0.478 e. The maximum absolute atomic E-state index is 11.6. The van der Waals surface area contributed by atoms with Gasteiger partial charge in [0.25, 0.3) is 0 Å². The molecule has 1 aromatic rings. The molecule has 2 N–H and O–H groups in total. The third-order valence-electron chi connectivity index (χ3n) is 2.37. The van der Waals surface area contributed by atoms with Gasteiger partial charge in [0.1, 0.15) is 5.69 Å². The Hall–Kier alpha value is -2.04. The zero-order valence-electron chi connectivity index (χ0n) is 10.0. The van der Waals surface area contributed by atoms with Crippen molar-refractivity contribution in [3.8, 4) is 0 Å². The van der Waals surface area contributed by atoms with E-state index in [4.69, 9.17) is 9.84 Å². The number of nitrogens with one attached hydrogen (secondary N) is 1. The normalized spacial score (nSPS) is 10.8. The smallest absolute Gasteiger partial charge is 0.355 e. The van der Waals surface area contributed by atoms with Crippen LogP contribution in [0.2, 0.25) is 0 Å². The fourth-order valence-corrected chi connectivity index (χ4v) is 1.58. The van der Waals surface area contributed by atoms with Gasteiger partial charge in [-0.05, 0) is 38.0 Å². The number of aromatic nitrogens is 1. The van der Waals surface area contributed by atoms with Crippen molar-refractivity contribution in [2.24, 2.45) is 0 Å². The summed E-state index contributed by atoms with van der Waals surface area (Å²) >= 11 is 0. The summed E-state index contributed by atoms with van der Waals surface area (Å²) in [6.07, 6.45) is 2.50. The highest BCUT2D eigenvalue weighted by Gasteiger charge is 2.16. The minimum absolute atomic E-state index is 0.302. The second-order valence-electron chi connectivity index (χ2n) is 3.56. The van der Waals surface area contributed by atoms with Crippen LogP contribution in [0.25, 0.3) is 6.08 Å². The van der Waals surface area contributed by atoms with Crippen LogP contribution in [0.1, 0.15) is 34.2 Å². The Bertz CT molecular complexity index is 471. The van der Waals surface area contributed by atoms with Crippen molar-refractivity contribution in [3.05, 3.63) is 28.6 Å². The molecule has 0 bridgehead atoms. The molecule has 0 aliphatic carbocycles. The van der Waals surface area contributed by atoms with Crippen LogP contribution >= 0.6 is 0 Å². The van der Waals surface area contributed by atoms with Gasteiger partial charge >= 0.3 is 11.9 Å². The van der Waals surface area contributed by atoms with Crippen LogP contribution in [0.15, 0.2) is 6.08 Å². The average molecular weight is 237 g/mol. The Kier molecular flexibility index (Phi) is 4.09. The number of esters is 1. The molecule has 0 spiro atoms. The molecule has 1 rings (SSSR count). The molecule has 1 heterocycles. The van der Waals surface area contributed by atoms with Gasteiger partial charge in [-0.2, -0.15) is 0 Å². The van der Waals surface area contributed by atoms with Crippen molar-refractivity contribution in [1.29, 1.82) is 0 Å². The van der Waals surface area contributed by atoms with Gasteiger partial charge in [-0.15, -0.1) is 0 Å². The zero-order valence-corrected chi connectivity index (χ0v) is 10.0. The minimum atomic E-state index is -1.03. The predicted octanol–water partition coefficient (Wildman–Crippen LogP) is 1.91. The number of carboxylic acids is 1. The van der Waals surface area contributed by atoms with E-state index in [1.807, 2.05) is 0 Å². The van der Waals surface area contributed by atoms with E-state index in [1.165, 1.54) is 6.08 Å². The van der Waals surface area contributed by atoms with Crippen molar-refractivity contribution < 1.29 is 19.4 Å². The van der Waals surface area contributed by atoms with Crippen LogP contribution in [0, 0.1) is 13.8 Å². The fourth-order valence-electron chi connectivity index (χ4n) is 1.58. The first-order valence-corrected chi connectivity index (χ1v) is 5.24. The number of carbonyl (C=O) groups excluding carboxylic acids is 1. The number of carbonyl (C=O) groups is 2. The van der Waals surface area contributed by atoms with Crippen LogP contribution in [0.5, 0.6) is 0 Å². The molecule has 5 nitrogen and oxygen atoms in total. The molecule has 0 radical (unpaired) electrons. The second kappa shape index (κ2) is 5.34. The SMILES string of the molecule is CCOC(=O)c1[nH]c(C)c(/C=C/C(=O)O)c1C. The van der Waals surface area contributed by atoms with Crippen LogP contribution in [0.4, 0.5) is 0 Å². The fraction of sp³-hybridized carbons (Fsp3) is 0.333. The molecule has 0 unspecified atom stereocenters. The number of H-pyrrole nitrogens is 1. The Labute approximate surface area is 99.1 Å². The molecule has 0 aliphatic heterocycles. The molecular formula is C12H15NO4. The molecule has 17 heavy (non-hydrogen) atoms. The van der Waals surface area contributed by atoms with E-state index in [0.717, 1.165) is 11.8 Å². The molecule has 1 aromatic heterocycles. The van der Waals surface area contributed by atoms with Gasteiger partial charge in [-0.25, -0.2) is 9.59 Å². The molecule has 5 heteroatoms. The van der Waals surface area contributed by atoms with Crippen LogP contribution < -0.4 is 0 Å². The van der Waals surface area contributed by atoms with Gasteiger partial charge in [-0.1, -0.05) is 0 Å². The molecule has 0 atom stereocenters. The molecule has 92 valence electrons. The average Bonchev–Trinajstić information content (AvgIpc) is 2.52. The van der Waals surface area contributed by atoms with Crippen LogP contribution in [0.3, 0.4) is 0 Å². The summed E-state index contributed by atoms with van der Waals surface area (Å²) in [6.45, 7) is 5.55. The van der Waals surface area contributed by atoms with Crippen molar-refractivity contribution in [3.63, 3.8) is 0 Å². The van der Waals surface area contributed by atoms with E-state index >= 15 is 0 Å². The Morgan fingerprint density at radius 1 is 1.41 bits per heavy atom. The summed E-state index contributed by atoms with van der Waals surface area (Å²) in [5.41, 5.74) is 2.51. The lowest BCUT2D eigenvalue weighted by molar-refractivity contribution is -0.131. The third kappa shape index (κ3) is 2.96. The summed E-state index contributed by atoms with van der Waals surface area (Å²) in [6, 6.07) is 0. The zero-order chi connectivity index (χ0) is 13.0. The highest BCUT2D eigenvalue weighted by molar-refractivity contribution is 5.92. The summed E-state index contributed by atoms with van der Waals surface area (Å²) in [5, 5.41) is 8.57. The molecular weight excluding hydrogens is 222 g/mol. The van der Waals surface area contributed by atoms with Gasteiger partial charge in [0, 0.05) is 11.8 Å². The Morgan fingerprint density at radius 3 is 2.59 bits per heavy atom. The summed E-state index contributed by atoms with van der Waals surface area (Å²) < 4.78 is 4.89. The van der Waals surface area contributed by atoms with Crippen molar-refractivity contribution in [2.75, 3.05) is 6.61 Å². The van der Waals surface area contributed by atoms with Crippen LogP contribution in [-0.2, 0) is 9.53 Å². The maximum Gasteiger partial charge on any atom is 0.355 e. The number of hydrogen-bond acceptors (Lipinski definition) is 3. The number of rotatable bonds is 4. The summed E-state index contributed by atoms with van der Waals surface area (Å²) in [5.74, 6) is -1.45. The van der Waals surface area contributed by atoms with Gasteiger partial charge in [0.05, 0.1) is 6.61 Å². The number of hydrogen-bond donors (Lipinski definition) is 2. The quantitative estimate of drug-likeness (QED) is 0.619. The standard InChI is InChI=1S/C12H15NO4/c1-4-17-12(16)11-7(2)9(8(3)13-11)5-6-10(14)15/h5-6,13H,4H2,1-3H3,(H,14,15)/b6-5+. The number of aliphatic carboxylic acids is 1. The van der Waals surface area contributed by atoms with E-state index in [-0.39, 0.29) is 0 Å². The molecule has 0 aliphatic rings. The van der Waals surface area contributed by atoms with E-state index in [1.54, 1.807) is 20.8 Å². The molecule has 0 fully saturated rings. The molecule has 0 aromatic carbocycles. The third-order valence-corrected chi connectivity index (χ3v) is 2.37. The van der Waals surface area contributed by atoms with Crippen LogP contribution in [-0.4, -0.2) is 28.6 Å². The van der Waals surface area contributed by atoms with Crippen molar-refractivity contribution >= 4 is 18.0 Å². The lowest BCUT2D eigenvalue weighted by Gasteiger charge is -2.00. The number of aromatic amines is 1. The number of aryl methyl sites for hydroxylation is 1. The highest BCUT2D eigenvalue weighted by Crippen LogP contribution is 2.20. The van der Waals surface area contributed by atoms with Crippen molar-refractivity contribution in [1.82, 2.24) is 4.98 Å². The number of ether oxygens (including phenoxy) is 1. The maximum atomic E-state index is 11.6. The topological polar surface area (TPSA) is 79.4 Å². The summed E-state index contributed by atoms with van der Waals surface area (Å²) in [7, 11) is 0. The first-order chi connectivity index (χ1) is 7.97. The second-order valence-corrected chi connectivity index (χ2v) is 3.56. The Morgan fingerprint density at radius 2 is 2.06 bits per heavy atom. The highest BCUT2D eigenvalue weighted by atomic mass is 16.5. The Balaban J connectivity index is 3.10. The van der Waals surface area contributed by atoms with Gasteiger partial charge in [-0.3, -0.25) is 0 Å².